The van der Waals surface area contributed by atoms with Gasteiger partial charge in [0.25, 0.3) is 0 Å². The van der Waals surface area contributed by atoms with E-state index in [1.165, 1.54) is 0 Å². The highest BCUT2D eigenvalue weighted by molar-refractivity contribution is 5.48. The molecule has 0 bridgehead atoms. The molecule has 5 nitrogen and oxygen atoms in total. The molecule has 16 heavy (non-hydrogen) atoms. The van der Waals surface area contributed by atoms with Gasteiger partial charge in [-0.25, -0.2) is 0 Å². The van der Waals surface area contributed by atoms with Crippen LogP contribution in [0.4, 0.5) is 0 Å². The molecule has 88 valence electrons. The minimum atomic E-state index is 0.281. The molecule has 0 saturated carbocycles. The van der Waals surface area contributed by atoms with Crippen molar-refractivity contribution in [3.05, 3.63) is 23.3 Å². The number of methoxy groups -OCH3 is 1. The molecule has 1 aliphatic rings. The molecule has 0 atom stereocenters. The van der Waals surface area contributed by atoms with Crippen molar-refractivity contribution in [1.29, 1.82) is 0 Å². The van der Waals surface area contributed by atoms with Crippen LogP contribution in [0.1, 0.15) is 11.1 Å². The van der Waals surface area contributed by atoms with Crippen LogP contribution in [0, 0.1) is 0 Å². The number of ether oxygens (including phenoxy) is 3. The summed E-state index contributed by atoms with van der Waals surface area (Å²) in [6, 6.07) is 3.89. The number of rotatable bonds is 5. The van der Waals surface area contributed by atoms with Gasteiger partial charge >= 0.3 is 0 Å². The Labute approximate surface area is 94.2 Å². The molecule has 0 radical (unpaired) electrons. The highest BCUT2D eigenvalue weighted by Gasteiger charge is 2.16. The van der Waals surface area contributed by atoms with E-state index in [9.17, 15) is 0 Å². The highest BCUT2D eigenvalue weighted by Crippen LogP contribution is 2.35. The molecular formula is C11H15NO4. The van der Waals surface area contributed by atoms with E-state index in [2.05, 4.69) is 5.48 Å². The summed E-state index contributed by atoms with van der Waals surface area (Å²) < 4.78 is 15.8. The van der Waals surface area contributed by atoms with Gasteiger partial charge in [0.15, 0.2) is 11.5 Å². The Balaban J connectivity index is 2.25. The Morgan fingerprint density at radius 1 is 1.19 bits per heavy atom. The first-order valence-corrected chi connectivity index (χ1v) is 5.01. The lowest BCUT2D eigenvalue weighted by Gasteiger charge is -2.10. The van der Waals surface area contributed by atoms with E-state index in [4.69, 9.17) is 19.0 Å². The predicted octanol–water partition coefficient (Wildman–Crippen LogP) is 1.21. The number of benzene rings is 1. The second-order valence-electron chi connectivity index (χ2n) is 3.43. The van der Waals surface area contributed by atoms with E-state index >= 15 is 0 Å². The normalized spacial score (nSPS) is 13.1. The minimum absolute atomic E-state index is 0.281. The molecule has 0 fully saturated rings. The number of nitrogens with one attached hydrogen (secondary N) is 1. The van der Waals surface area contributed by atoms with Crippen molar-refractivity contribution in [2.75, 3.05) is 21.0 Å². The Kier molecular flexibility index (Phi) is 3.61. The molecule has 0 unspecified atom stereocenters. The van der Waals surface area contributed by atoms with Gasteiger partial charge in [0.1, 0.15) is 0 Å². The zero-order valence-electron chi connectivity index (χ0n) is 9.41. The van der Waals surface area contributed by atoms with E-state index in [1.54, 1.807) is 14.2 Å². The topological polar surface area (TPSA) is 49.0 Å². The van der Waals surface area contributed by atoms with Crippen molar-refractivity contribution in [3.8, 4) is 11.5 Å². The van der Waals surface area contributed by atoms with Gasteiger partial charge in [-0.2, -0.15) is 5.48 Å². The fraction of sp³-hybridized carbons (Fsp3) is 0.455. The number of fused-ring (bicyclic) bond motifs is 1. The molecule has 1 aliphatic heterocycles. The molecule has 1 heterocycles. The Bertz CT molecular complexity index is 367. The minimum Gasteiger partial charge on any atom is -0.454 e. The van der Waals surface area contributed by atoms with E-state index in [1.807, 2.05) is 12.1 Å². The van der Waals surface area contributed by atoms with Crippen LogP contribution in [-0.4, -0.2) is 21.0 Å². The summed E-state index contributed by atoms with van der Waals surface area (Å²) in [4.78, 5) is 4.84. The molecule has 2 rings (SSSR count). The number of hydroxylamine groups is 1. The smallest absolute Gasteiger partial charge is 0.231 e. The summed E-state index contributed by atoms with van der Waals surface area (Å²) >= 11 is 0. The summed E-state index contributed by atoms with van der Waals surface area (Å²) in [5.74, 6) is 1.54. The fourth-order valence-electron chi connectivity index (χ4n) is 1.63. The van der Waals surface area contributed by atoms with Gasteiger partial charge in [-0.1, -0.05) is 0 Å². The van der Waals surface area contributed by atoms with Gasteiger partial charge in [-0.3, -0.25) is 0 Å². The van der Waals surface area contributed by atoms with E-state index in [0.29, 0.717) is 13.2 Å². The van der Waals surface area contributed by atoms with Crippen LogP contribution in [0.3, 0.4) is 0 Å². The summed E-state index contributed by atoms with van der Waals surface area (Å²) in [5.41, 5.74) is 4.95. The van der Waals surface area contributed by atoms with Crippen LogP contribution in [-0.2, 0) is 22.7 Å². The third kappa shape index (κ3) is 2.27. The van der Waals surface area contributed by atoms with Crippen LogP contribution >= 0.6 is 0 Å². The van der Waals surface area contributed by atoms with Gasteiger partial charge in [0, 0.05) is 13.7 Å². The predicted molar refractivity (Wildman–Crippen MR) is 57.1 cm³/mol. The maximum atomic E-state index is 5.32. The van der Waals surface area contributed by atoms with Gasteiger partial charge in [0.2, 0.25) is 6.79 Å². The third-order valence-electron chi connectivity index (χ3n) is 2.40. The SMILES string of the molecule is COCc1cc2c(cc1CNOC)OCO2. The quantitative estimate of drug-likeness (QED) is 0.763. The zero-order chi connectivity index (χ0) is 11.4. The first-order valence-electron chi connectivity index (χ1n) is 5.01. The van der Waals surface area contributed by atoms with E-state index in [-0.39, 0.29) is 6.79 Å². The molecule has 1 aromatic carbocycles. The van der Waals surface area contributed by atoms with Gasteiger partial charge in [-0.05, 0) is 23.3 Å². The average Bonchev–Trinajstić information content (AvgIpc) is 2.73. The summed E-state index contributed by atoms with van der Waals surface area (Å²) in [5, 5.41) is 0. The average molecular weight is 225 g/mol. The third-order valence-corrected chi connectivity index (χ3v) is 2.40. The zero-order valence-corrected chi connectivity index (χ0v) is 9.41. The maximum Gasteiger partial charge on any atom is 0.231 e. The molecule has 0 spiro atoms. The number of hydrogen-bond acceptors (Lipinski definition) is 5. The number of hydrogen-bond donors (Lipinski definition) is 1. The fourth-order valence-corrected chi connectivity index (χ4v) is 1.63. The van der Waals surface area contributed by atoms with Crippen molar-refractivity contribution >= 4 is 0 Å². The van der Waals surface area contributed by atoms with Crippen LogP contribution in [0.5, 0.6) is 11.5 Å². The molecule has 1 aromatic rings. The first-order chi connectivity index (χ1) is 7.85. The Morgan fingerprint density at radius 2 is 1.88 bits per heavy atom. The van der Waals surface area contributed by atoms with Crippen molar-refractivity contribution < 1.29 is 19.0 Å². The molecule has 5 heteroatoms. The van der Waals surface area contributed by atoms with Crippen LogP contribution in [0.25, 0.3) is 0 Å². The van der Waals surface area contributed by atoms with Crippen molar-refractivity contribution in [3.63, 3.8) is 0 Å². The summed E-state index contributed by atoms with van der Waals surface area (Å²) in [6.07, 6.45) is 0. The van der Waals surface area contributed by atoms with E-state index < -0.39 is 0 Å². The van der Waals surface area contributed by atoms with Gasteiger partial charge in [-0.15, -0.1) is 0 Å². The molecular weight excluding hydrogens is 210 g/mol. The highest BCUT2D eigenvalue weighted by atomic mass is 16.7. The lowest BCUT2D eigenvalue weighted by Crippen LogP contribution is -2.12. The maximum absolute atomic E-state index is 5.32. The monoisotopic (exact) mass is 225 g/mol. The van der Waals surface area contributed by atoms with Crippen molar-refractivity contribution in [2.45, 2.75) is 13.2 Å². The van der Waals surface area contributed by atoms with Crippen LogP contribution in [0.15, 0.2) is 12.1 Å². The lowest BCUT2D eigenvalue weighted by atomic mass is 10.1. The van der Waals surface area contributed by atoms with Gasteiger partial charge in [0.05, 0.1) is 13.7 Å². The molecule has 0 saturated heterocycles. The lowest BCUT2D eigenvalue weighted by molar-refractivity contribution is 0.0859. The van der Waals surface area contributed by atoms with Crippen molar-refractivity contribution in [1.82, 2.24) is 5.48 Å². The largest absolute Gasteiger partial charge is 0.454 e. The second-order valence-corrected chi connectivity index (χ2v) is 3.43. The van der Waals surface area contributed by atoms with Crippen LogP contribution in [0.2, 0.25) is 0 Å². The second kappa shape index (κ2) is 5.16. The van der Waals surface area contributed by atoms with E-state index in [0.717, 1.165) is 22.6 Å². The summed E-state index contributed by atoms with van der Waals surface area (Å²) in [7, 11) is 3.25. The standard InChI is InChI=1S/C11H15NO4/c1-13-6-9-4-11-10(15-7-16-11)3-8(9)5-12-14-2/h3-4,12H,5-7H2,1-2H3. The Hall–Kier alpha value is -1.30. The van der Waals surface area contributed by atoms with Crippen LogP contribution < -0.4 is 15.0 Å². The van der Waals surface area contributed by atoms with Crippen molar-refractivity contribution in [2.24, 2.45) is 0 Å². The first kappa shape index (κ1) is 11.2. The molecule has 1 N–H and O–H groups in total. The molecule has 0 aliphatic carbocycles. The van der Waals surface area contributed by atoms with Gasteiger partial charge < -0.3 is 19.0 Å². The Morgan fingerprint density at radius 3 is 2.50 bits per heavy atom. The molecule has 0 aromatic heterocycles. The summed E-state index contributed by atoms with van der Waals surface area (Å²) in [6.45, 7) is 1.42. The molecule has 0 amide bonds.